The van der Waals surface area contributed by atoms with E-state index >= 15 is 0 Å². The van der Waals surface area contributed by atoms with Crippen LogP contribution in [0.5, 0.6) is 0 Å². The molecule has 1 aromatic carbocycles. The molecule has 2 aromatic heterocycles. The smallest absolute Gasteiger partial charge is 0.319 e. The highest BCUT2D eigenvalue weighted by molar-refractivity contribution is 6.32. The summed E-state index contributed by atoms with van der Waals surface area (Å²) >= 11 is 5.96. The van der Waals surface area contributed by atoms with Gasteiger partial charge in [0, 0.05) is 18.1 Å². The minimum Gasteiger partial charge on any atom is -0.328 e. The number of rotatable bonds is 4. The maximum atomic E-state index is 12.2. The number of nitrogens with one attached hydrogen (secondary N) is 2. The van der Waals surface area contributed by atoms with Crippen molar-refractivity contribution in [1.82, 2.24) is 30.0 Å². The van der Waals surface area contributed by atoms with E-state index in [0.717, 1.165) is 0 Å². The van der Waals surface area contributed by atoms with Crippen LogP contribution in [0.1, 0.15) is 24.4 Å². The van der Waals surface area contributed by atoms with Crippen molar-refractivity contribution >= 4 is 23.3 Å². The lowest BCUT2D eigenvalue weighted by atomic mass is 10.2. The molecule has 3 rings (SSSR count). The van der Waals surface area contributed by atoms with Gasteiger partial charge in [-0.1, -0.05) is 11.6 Å². The lowest BCUT2D eigenvalue weighted by Crippen LogP contribution is -2.32. The first-order valence-electron chi connectivity index (χ1n) is 7.53. The number of amides is 2. The molecule has 9 nitrogen and oxygen atoms in total. The Labute approximate surface area is 153 Å². The number of carbonyl (C=O) groups excluding carboxylic acids is 1. The summed E-state index contributed by atoms with van der Waals surface area (Å²) in [6.07, 6.45) is 4.54. The third kappa shape index (κ3) is 3.76. The van der Waals surface area contributed by atoms with E-state index in [0.29, 0.717) is 23.0 Å². The van der Waals surface area contributed by atoms with E-state index in [2.05, 4.69) is 30.7 Å². The molecule has 0 aliphatic rings. The topological polar surface area (TPSA) is 121 Å². The highest BCUT2D eigenvalue weighted by atomic mass is 35.5. The molecule has 0 bridgehead atoms. The van der Waals surface area contributed by atoms with E-state index in [1.54, 1.807) is 31.5 Å². The maximum Gasteiger partial charge on any atom is 0.319 e. The van der Waals surface area contributed by atoms with Gasteiger partial charge in [-0.25, -0.2) is 19.7 Å². The molecule has 130 valence electrons. The number of anilines is 1. The highest BCUT2D eigenvalue weighted by Gasteiger charge is 2.18. The molecule has 2 N–H and O–H groups in total. The van der Waals surface area contributed by atoms with Crippen molar-refractivity contribution < 1.29 is 4.79 Å². The second-order valence-corrected chi connectivity index (χ2v) is 5.61. The van der Waals surface area contributed by atoms with Crippen molar-refractivity contribution in [3.63, 3.8) is 0 Å². The average molecular weight is 369 g/mol. The van der Waals surface area contributed by atoms with Gasteiger partial charge in [-0.15, -0.1) is 0 Å². The number of nitrogens with zero attached hydrogens (tertiary/aromatic N) is 6. The molecule has 0 aliphatic carbocycles. The SMILES string of the molecule is CC(NC(=O)Nc1ccc(C#N)c(Cl)c1)c1ncnn1-c1ncccn1. The van der Waals surface area contributed by atoms with Crippen LogP contribution >= 0.6 is 11.6 Å². The monoisotopic (exact) mass is 368 g/mol. The zero-order valence-electron chi connectivity index (χ0n) is 13.6. The van der Waals surface area contributed by atoms with Crippen LogP contribution in [0.4, 0.5) is 10.5 Å². The second kappa shape index (κ2) is 7.58. The summed E-state index contributed by atoms with van der Waals surface area (Å²) in [5.41, 5.74) is 0.800. The molecule has 0 saturated carbocycles. The number of halogens is 1. The number of carbonyl (C=O) groups is 1. The Morgan fingerprint density at radius 1 is 1.31 bits per heavy atom. The van der Waals surface area contributed by atoms with Gasteiger partial charge in [-0.3, -0.25) is 0 Å². The van der Waals surface area contributed by atoms with Gasteiger partial charge in [0.15, 0.2) is 5.82 Å². The normalized spacial score (nSPS) is 11.4. The molecular formula is C16H13ClN8O. The molecule has 0 spiro atoms. The van der Waals surface area contributed by atoms with Crippen LogP contribution in [0.15, 0.2) is 43.0 Å². The molecule has 1 atom stereocenters. The second-order valence-electron chi connectivity index (χ2n) is 5.21. The Kier molecular flexibility index (Phi) is 5.05. The Balaban J connectivity index is 1.70. The largest absolute Gasteiger partial charge is 0.328 e. The Morgan fingerprint density at radius 3 is 2.77 bits per heavy atom. The molecule has 2 amide bonds. The van der Waals surface area contributed by atoms with Crippen LogP contribution in [0.3, 0.4) is 0 Å². The van der Waals surface area contributed by atoms with E-state index < -0.39 is 12.1 Å². The summed E-state index contributed by atoms with van der Waals surface area (Å²) in [5.74, 6) is 0.831. The van der Waals surface area contributed by atoms with Crippen molar-refractivity contribution in [1.29, 1.82) is 5.26 Å². The average Bonchev–Trinajstić information content (AvgIpc) is 3.12. The number of urea groups is 1. The predicted molar refractivity (Wildman–Crippen MR) is 93.7 cm³/mol. The van der Waals surface area contributed by atoms with Gasteiger partial charge in [0.25, 0.3) is 5.95 Å². The minimum absolute atomic E-state index is 0.263. The Morgan fingerprint density at radius 2 is 2.08 bits per heavy atom. The van der Waals surface area contributed by atoms with Crippen molar-refractivity contribution in [2.45, 2.75) is 13.0 Å². The predicted octanol–water partition coefficient (Wildman–Crippen LogP) is 2.47. The number of benzene rings is 1. The minimum atomic E-state index is -0.463. The zero-order chi connectivity index (χ0) is 18.5. The van der Waals surface area contributed by atoms with E-state index in [-0.39, 0.29) is 5.02 Å². The molecule has 0 radical (unpaired) electrons. The molecule has 0 saturated heterocycles. The first-order valence-corrected chi connectivity index (χ1v) is 7.90. The summed E-state index contributed by atoms with van der Waals surface area (Å²) in [6, 6.07) is 7.36. The fourth-order valence-electron chi connectivity index (χ4n) is 2.21. The van der Waals surface area contributed by atoms with Crippen LogP contribution < -0.4 is 10.6 Å². The van der Waals surface area contributed by atoms with Crippen molar-refractivity contribution in [3.05, 3.63) is 59.4 Å². The van der Waals surface area contributed by atoms with Crippen molar-refractivity contribution in [3.8, 4) is 12.0 Å². The quantitative estimate of drug-likeness (QED) is 0.729. The van der Waals surface area contributed by atoms with E-state index in [4.69, 9.17) is 16.9 Å². The van der Waals surface area contributed by atoms with Gasteiger partial charge >= 0.3 is 6.03 Å². The summed E-state index contributed by atoms with van der Waals surface area (Å²) in [7, 11) is 0. The zero-order valence-corrected chi connectivity index (χ0v) is 14.3. The summed E-state index contributed by atoms with van der Waals surface area (Å²) in [6.45, 7) is 1.76. The summed E-state index contributed by atoms with van der Waals surface area (Å²) < 4.78 is 1.45. The first-order chi connectivity index (χ1) is 12.6. The lowest BCUT2D eigenvalue weighted by molar-refractivity contribution is 0.248. The molecule has 3 aromatic rings. The third-order valence-corrected chi connectivity index (χ3v) is 3.71. The third-order valence-electron chi connectivity index (χ3n) is 3.40. The van der Waals surface area contributed by atoms with E-state index in [1.165, 1.54) is 23.1 Å². The van der Waals surface area contributed by atoms with Gasteiger partial charge in [-0.2, -0.15) is 15.0 Å². The van der Waals surface area contributed by atoms with Crippen LogP contribution in [0.2, 0.25) is 5.02 Å². The van der Waals surface area contributed by atoms with Gasteiger partial charge in [-0.05, 0) is 31.2 Å². The number of hydrogen-bond acceptors (Lipinski definition) is 6. The fraction of sp³-hybridized carbons (Fsp3) is 0.125. The van der Waals surface area contributed by atoms with Crippen molar-refractivity contribution in [2.24, 2.45) is 0 Å². The number of hydrogen-bond donors (Lipinski definition) is 2. The molecule has 26 heavy (non-hydrogen) atoms. The molecule has 0 aliphatic heterocycles. The Bertz CT molecular complexity index is 966. The van der Waals surface area contributed by atoms with Gasteiger partial charge in [0.2, 0.25) is 0 Å². The molecular weight excluding hydrogens is 356 g/mol. The molecule has 2 heterocycles. The maximum absolute atomic E-state index is 12.2. The van der Waals surface area contributed by atoms with E-state index in [1.807, 2.05) is 6.07 Å². The van der Waals surface area contributed by atoms with Crippen LogP contribution in [-0.4, -0.2) is 30.8 Å². The molecule has 1 unspecified atom stereocenters. The summed E-state index contributed by atoms with van der Waals surface area (Å²) in [5, 5.41) is 18.6. The number of aromatic nitrogens is 5. The fourth-order valence-corrected chi connectivity index (χ4v) is 2.44. The van der Waals surface area contributed by atoms with Crippen LogP contribution in [0, 0.1) is 11.3 Å². The Hall–Kier alpha value is -3.51. The van der Waals surface area contributed by atoms with Crippen LogP contribution in [0.25, 0.3) is 5.95 Å². The molecule has 0 fully saturated rings. The standard InChI is InChI=1S/C16H13ClN8O/c1-10(14-21-9-22-25(14)15-19-5-2-6-20-15)23-16(26)24-12-4-3-11(8-18)13(17)7-12/h2-7,9-10H,1H3,(H2,23,24,26). The lowest BCUT2D eigenvalue weighted by Gasteiger charge is -2.14. The van der Waals surface area contributed by atoms with Gasteiger partial charge < -0.3 is 10.6 Å². The highest BCUT2D eigenvalue weighted by Crippen LogP contribution is 2.20. The first kappa shape index (κ1) is 17.3. The van der Waals surface area contributed by atoms with E-state index in [9.17, 15) is 4.79 Å². The van der Waals surface area contributed by atoms with Gasteiger partial charge in [0.1, 0.15) is 12.4 Å². The molecule has 10 heteroatoms. The summed E-state index contributed by atoms with van der Waals surface area (Å²) in [4.78, 5) is 24.6. The van der Waals surface area contributed by atoms with Crippen molar-refractivity contribution in [2.75, 3.05) is 5.32 Å². The van der Waals surface area contributed by atoms with Crippen LogP contribution in [-0.2, 0) is 0 Å². The van der Waals surface area contributed by atoms with Gasteiger partial charge in [0.05, 0.1) is 16.6 Å². The number of nitriles is 1.